The van der Waals surface area contributed by atoms with E-state index in [-0.39, 0.29) is 29.0 Å². The number of nitriles is 1. The Balaban J connectivity index is 1.65. The molecule has 36 heavy (non-hydrogen) atoms. The minimum absolute atomic E-state index is 0.00776. The van der Waals surface area contributed by atoms with Gasteiger partial charge in [0, 0.05) is 39.6 Å². The molecule has 5 nitrogen and oxygen atoms in total. The van der Waals surface area contributed by atoms with Gasteiger partial charge in [0.05, 0.1) is 22.5 Å². The molecule has 0 saturated heterocycles. The molecule has 0 aliphatic heterocycles. The highest BCUT2D eigenvalue weighted by molar-refractivity contribution is 6.02. The Morgan fingerprint density at radius 2 is 1.94 bits per heavy atom. The van der Waals surface area contributed by atoms with E-state index in [9.17, 15) is 10.1 Å². The van der Waals surface area contributed by atoms with Crippen LogP contribution >= 0.6 is 0 Å². The molecule has 176 valence electrons. The second-order valence-electron chi connectivity index (χ2n) is 9.86. The van der Waals surface area contributed by atoms with E-state index < -0.39 is 5.41 Å². The number of carbonyl (C=O) groups excluding carboxylic acids is 1. The molecule has 0 spiro atoms. The van der Waals surface area contributed by atoms with Crippen LogP contribution in [0, 0.1) is 29.0 Å². The lowest BCUT2D eigenvalue weighted by molar-refractivity contribution is -0.121. The van der Waals surface area contributed by atoms with Crippen molar-refractivity contribution >= 4 is 16.7 Å². The average molecular weight is 475 g/mol. The largest absolute Gasteiger partial charge is 0.293 e. The van der Waals surface area contributed by atoms with Gasteiger partial charge in [0.25, 0.3) is 0 Å². The fourth-order valence-electron chi connectivity index (χ4n) is 5.99. The van der Waals surface area contributed by atoms with E-state index in [4.69, 9.17) is 9.97 Å². The van der Waals surface area contributed by atoms with E-state index in [0.29, 0.717) is 23.5 Å². The number of aromatic nitrogens is 3. The van der Waals surface area contributed by atoms with E-state index in [1.807, 2.05) is 44.2 Å². The molecular formula is C30H23FN4O. The summed E-state index contributed by atoms with van der Waals surface area (Å²) in [5.41, 5.74) is 3.80. The average Bonchev–Trinajstić information content (AvgIpc) is 2.90. The van der Waals surface area contributed by atoms with Gasteiger partial charge in [-0.2, -0.15) is 5.26 Å². The maximum atomic E-state index is 15.1. The summed E-state index contributed by atoms with van der Waals surface area (Å²) in [4.78, 5) is 27.2. The third kappa shape index (κ3) is 3.27. The molecule has 3 atom stereocenters. The summed E-state index contributed by atoms with van der Waals surface area (Å²) < 4.78 is 15.1. The number of benzene rings is 2. The molecule has 0 bridgehead atoms. The van der Waals surface area contributed by atoms with Crippen molar-refractivity contribution in [2.45, 2.75) is 32.1 Å². The molecular weight excluding hydrogens is 451 g/mol. The molecule has 0 unspecified atom stereocenters. The summed E-state index contributed by atoms with van der Waals surface area (Å²) in [6, 6.07) is 18.4. The standard InChI is InChI=1S/C30H23FN4O/c1-17-23-11-10-22-26(21-7-3-4-8-24(21)31)34-29(19-9-12-25-18(14-19)6-5-13-33-25)35-28(22)30(23,2)15-20(16-32)27(17)36/h3-9,12-15,17,23H,10-11H2,1-2H3/t17-,23-,30-/m1/s1. The number of allylic oxidation sites excluding steroid dienone is 2. The topological polar surface area (TPSA) is 79.5 Å². The van der Waals surface area contributed by atoms with Crippen LogP contribution in [0.15, 0.2) is 72.4 Å². The SMILES string of the molecule is C[C@H]1C(=O)C(C#N)=C[C@@]2(C)c3nc(-c4ccc5ncccc5c4)nc(-c4ccccc4F)c3CC[C@H]12. The fraction of sp³-hybridized carbons (Fsp3) is 0.233. The molecule has 6 heteroatoms. The minimum atomic E-state index is -0.651. The first kappa shape index (κ1) is 22.2. The molecule has 2 aromatic heterocycles. The molecule has 2 heterocycles. The van der Waals surface area contributed by atoms with Crippen LogP contribution in [0.3, 0.4) is 0 Å². The molecule has 0 radical (unpaired) electrons. The molecule has 6 rings (SSSR count). The Morgan fingerprint density at radius 1 is 1.11 bits per heavy atom. The fourth-order valence-corrected chi connectivity index (χ4v) is 5.99. The molecule has 2 aliphatic carbocycles. The van der Waals surface area contributed by atoms with Crippen LogP contribution in [-0.2, 0) is 16.6 Å². The molecule has 0 N–H and O–H groups in total. The van der Waals surface area contributed by atoms with Crippen molar-refractivity contribution in [1.29, 1.82) is 5.26 Å². The van der Waals surface area contributed by atoms with E-state index in [2.05, 4.69) is 11.1 Å². The summed E-state index contributed by atoms with van der Waals surface area (Å²) in [6.45, 7) is 3.94. The normalized spacial score (nSPS) is 22.9. The number of ketones is 1. The lowest BCUT2D eigenvalue weighted by Crippen LogP contribution is -2.46. The van der Waals surface area contributed by atoms with Gasteiger partial charge in [0.15, 0.2) is 11.6 Å². The van der Waals surface area contributed by atoms with Crippen LogP contribution in [0.1, 0.15) is 31.5 Å². The van der Waals surface area contributed by atoms with Crippen LogP contribution in [0.5, 0.6) is 0 Å². The number of Topliss-reactive ketones (excluding diaryl/α,β-unsaturated/α-hetero) is 1. The van der Waals surface area contributed by atoms with Crippen molar-refractivity contribution in [3.63, 3.8) is 0 Å². The van der Waals surface area contributed by atoms with Crippen molar-refractivity contribution < 1.29 is 9.18 Å². The first-order chi connectivity index (χ1) is 17.4. The molecule has 2 aliphatic rings. The molecule has 2 aromatic carbocycles. The minimum Gasteiger partial charge on any atom is -0.293 e. The first-order valence-corrected chi connectivity index (χ1v) is 12.1. The number of carbonyl (C=O) groups is 1. The highest BCUT2D eigenvalue weighted by Crippen LogP contribution is 2.51. The van der Waals surface area contributed by atoms with Crippen LogP contribution in [0.2, 0.25) is 0 Å². The van der Waals surface area contributed by atoms with Gasteiger partial charge in [-0.25, -0.2) is 14.4 Å². The zero-order chi connectivity index (χ0) is 25.0. The third-order valence-electron chi connectivity index (χ3n) is 7.83. The Kier molecular flexibility index (Phi) is 5.04. The quantitative estimate of drug-likeness (QED) is 0.357. The van der Waals surface area contributed by atoms with Crippen LogP contribution < -0.4 is 0 Å². The summed E-state index contributed by atoms with van der Waals surface area (Å²) in [7, 11) is 0. The summed E-state index contributed by atoms with van der Waals surface area (Å²) >= 11 is 0. The maximum Gasteiger partial charge on any atom is 0.176 e. The molecule has 0 fully saturated rings. The predicted molar refractivity (Wildman–Crippen MR) is 135 cm³/mol. The van der Waals surface area contributed by atoms with E-state index >= 15 is 4.39 Å². The van der Waals surface area contributed by atoms with Gasteiger partial charge < -0.3 is 0 Å². The van der Waals surface area contributed by atoms with Crippen molar-refractivity contribution in [2.75, 3.05) is 0 Å². The van der Waals surface area contributed by atoms with Crippen LogP contribution in [-0.4, -0.2) is 20.7 Å². The maximum absolute atomic E-state index is 15.1. The lowest BCUT2D eigenvalue weighted by Gasteiger charge is -2.45. The second-order valence-corrected chi connectivity index (χ2v) is 9.86. The van der Waals surface area contributed by atoms with Gasteiger partial charge in [-0.3, -0.25) is 9.78 Å². The van der Waals surface area contributed by atoms with Crippen molar-refractivity contribution in [3.05, 3.63) is 89.5 Å². The van der Waals surface area contributed by atoms with Gasteiger partial charge in [-0.1, -0.05) is 38.1 Å². The van der Waals surface area contributed by atoms with Crippen LogP contribution in [0.25, 0.3) is 33.5 Å². The number of nitrogens with zero attached hydrogens (tertiary/aromatic N) is 4. The summed E-state index contributed by atoms with van der Waals surface area (Å²) in [5.74, 6) is -0.290. The molecule has 0 saturated carbocycles. The van der Waals surface area contributed by atoms with Gasteiger partial charge in [-0.05, 0) is 55.2 Å². The summed E-state index contributed by atoms with van der Waals surface area (Å²) in [5, 5.41) is 10.7. The van der Waals surface area contributed by atoms with Gasteiger partial charge in [0.2, 0.25) is 0 Å². The monoisotopic (exact) mass is 474 g/mol. The van der Waals surface area contributed by atoms with E-state index in [1.165, 1.54) is 6.07 Å². The van der Waals surface area contributed by atoms with Crippen molar-refractivity contribution in [1.82, 2.24) is 15.0 Å². The number of halogens is 1. The van der Waals surface area contributed by atoms with E-state index in [0.717, 1.165) is 34.1 Å². The van der Waals surface area contributed by atoms with Gasteiger partial charge in [0.1, 0.15) is 11.9 Å². The molecule has 4 aromatic rings. The van der Waals surface area contributed by atoms with Gasteiger partial charge in [-0.15, -0.1) is 0 Å². The number of hydrogen-bond acceptors (Lipinski definition) is 5. The van der Waals surface area contributed by atoms with Crippen molar-refractivity contribution in [3.8, 4) is 28.7 Å². The Bertz CT molecular complexity index is 1640. The molecule has 0 amide bonds. The Labute approximate surface area is 208 Å². The smallest absolute Gasteiger partial charge is 0.176 e. The Morgan fingerprint density at radius 3 is 2.75 bits per heavy atom. The predicted octanol–water partition coefficient (Wildman–Crippen LogP) is 5.99. The highest BCUT2D eigenvalue weighted by Gasteiger charge is 2.49. The zero-order valence-corrected chi connectivity index (χ0v) is 20.0. The number of rotatable bonds is 2. The number of hydrogen-bond donors (Lipinski definition) is 0. The zero-order valence-electron chi connectivity index (χ0n) is 20.0. The lowest BCUT2D eigenvalue weighted by atomic mass is 9.57. The van der Waals surface area contributed by atoms with Crippen LogP contribution in [0.4, 0.5) is 4.39 Å². The first-order valence-electron chi connectivity index (χ1n) is 12.1. The third-order valence-corrected chi connectivity index (χ3v) is 7.83. The highest BCUT2D eigenvalue weighted by atomic mass is 19.1. The van der Waals surface area contributed by atoms with Gasteiger partial charge >= 0.3 is 0 Å². The number of fused-ring (bicyclic) bond motifs is 4. The van der Waals surface area contributed by atoms with Crippen molar-refractivity contribution in [2.24, 2.45) is 11.8 Å². The summed E-state index contributed by atoms with van der Waals surface area (Å²) in [6.07, 6.45) is 4.90. The second kappa shape index (κ2) is 8.17. The van der Waals surface area contributed by atoms with E-state index in [1.54, 1.807) is 30.5 Å². The Hall–Kier alpha value is -4.24. The number of pyridine rings is 1.